The molecule has 1 saturated carbocycles. The van der Waals surface area contributed by atoms with Gasteiger partial charge in [0.25, 0.3) is 5.91 Å². The van der Waals surface area contributed by atoms with Crippen LogP contribution in [0.5, 0.6) is 5.75 Å². The van der Waals surface area contributed by atoms with Crippen LogP contribution in [0.3, 0.4) is 0 Å². The molecule has 0 radical (unpaired) electrons. The lowest BCUT2D eigenvalue weighted by atomic mass is 10.1. The minimum absolute atomic E-state index is 0.00652. The van der Waals surface area contributed by atoms with Crippen LogP contribution in [-0.4, -0.2) is 37.8 Å². The molecule has 1 heterocycles. The average Bonchev–Trinajstić information content (AvgIpc) is 3.55. The normalized spacial score (nSPS) is 21.0. The van der Waals surface area contributed by atoms with Crippen LogP contribution in [0.15, 0.2) is 42.5 Å². The van der Waals surface area contributed by atoms with Crippen LogP contribution >= 0.6 is 0 Å². The van der Waals surface area contributed by atoms with Gasteiger partial charge in [-0.15, -0.1) is 0 Å². The highest BCUT2D eigenvalue weighted by Crippen LogP contribution is 2.29. The topological polar surface area (TPSA) is 59.6 Å². The summed E-state index contributed by atoms with van der Waals surface area (Å²) >= 11 is 0. The van der Waals surface area contributed by atoms with Crippen LogP contribution in [0.1, 0.15) is 52.7 Å². The first-order chi connectivity index (χ1) is 15.2. The molecule has 31 heavy (non-hydrogen) atoms. The van der Waals surface area contributed by atoms with Crippen LogP contribution in [-0.2, 0) is 24.1 Å². The van der Waals surface area contributed by atoms with Crippen molar-refractivity contribution in [2.24, 2.45) is 5.92 Å². The number of carbonyl (C=O) groups is 1. The molecule has 0 aromatic heterocycles. The van der Waals surface area contributed by atoms with E-state index in [9.17, 15) is 4.79 Å². The molecule has 2 N–H and O–H groups in total. The Hall–Kier alpha value is -2.37. The van der Waals surface area contributed by atoms with Gasteiger partial charge in [-0.05, 0) is 85.4 Å². The monoisotopic (exact) mass is 420 g/mol. The summed E-state index contributed by atoms with van der Waals surface area (Å²) in [6.45, 7) is 3.40. The molecular weight excluding hydrogens is 388 g/mol. The second kappa shape index (κ2) is 9.41. The third-order valence-electron chi connectivity index (χ3n) is 6.65. The van der Waals surface area contributed by atoms with Crippen LogP contribution in [0.2, 0.25) is 0 Å². The first-order valence-corrected chi connectivity index (χ1v) is 11.7. The Morgan fingerprint density at radius 1 is 0.935 bits per heavy atom. The number of hydrogen-bond donors (Lipinski definition) is 2. The maximum absolute atomic E-state index is 12.7. The van der Waals surface area contributed by atoms with E-state index in [0.717, 1.165) is 63.7 Å². The molecule has 2 aliphatic carbocycles. The van der Waals surface area contributed by atoms with Gasteiger partial charge in [0, 0.05) is 37.4 Å². The lowest BCUT2D eigenvalue weighted by molar-refractivity contribution is 0.0776. The molecular formula is C26H32N2O3. The van der Waals surface area contributed by atoms with Crippen molar-refractivity contribution in [3.05, 3.63) is 64.7 Å². The quantitative estimate of drug-likeness (QED) is 0.685. The van der Waals surface area contributed by atoms with E-state index >= 15 is 0 Å². The van der Waals surface area contributed by atoms with E-state index in [0.29, 0.717) is 11.6 Å². The largest absolute Gasteiger partial charge is 0.493 e. The van der Waals surface area contributed by atoms with Gasteiger partial charge in [-0.3, -0.25) is 4.79 Å². The minimum Gasteiger partial charge on any atom is -0.493 e. The van der Waals surface area contributed by atoms with Crippen LogP contribution in [0.4, 0.5) is 0 Å². The number of ether oxygens (including phenoxy) is 2. The maximum atomic E-state index is 12.7. The molecule has 5 nitrogen and oxygen atoms in total. The number of rotatable bonds is 8. The Bertz CT molecular complexity index is 901. The summed E-state index contributed by atoms with van der Waals surface area (Å²) in [6, 6.07) is 15.0. The van der Waals surface area contributed by atoms with E-state index < -0.39 is 0 Å². The van der Waals surface area contributed by atoms with Gasteiger partial charge in [-0.25, -0.2) is 0 Å². The van der Waals surface area contributed by atoms with Gasteiger partial charge in [0.2, 0.25) is 0 Å². The molecule has 5 heteroatoms. The summed E-state index contributed by atoms with van der Waals surface area (Å²) in [5.74, 6) is 1.57. The average molecular weight is 421 g/mol. The van der Waals surface area contributed by atoms with Gasteiger partial charge >= 0.3 is 0 Å². The third-order valence-corrected chi connectivity index (χ3v) is 6.65. The molecule has 2 aromatic rings. The molecule has 164 valence electrons. The molecule has 2 aromatic carbocycles. The van der Waals surface area contributed by atoms with E-state index in [2.05, 4.69) is 28.8 Å². The summed E-state index contributed by atoms with van der Waals surface area (Å²) in [5, 5.41) is 6.87. The van der Waals surface area contributed by atoms with Crippen molar-refractivity contribution in [3.63, 3.8) is 0 Å². The number of amides is 1. The van der Waals surface area contributed by atoms with Crippen molar-refractivity contribution < 1.29 is 14.3 Å². The molecule has 2 fully saturated rings. The predicted molar refractivity (Wildman–Crippen MR) is 120 cm³/mol. The molecule has 5 rings (SSSR count). The molecule has 1 aliphatic heterocycles. The second-order valence-electron chi connectivity index (χ2n) is 9.23. The third kappa shape index (κ3) is 5.46. The zero-order chi connectivity index (χ0) is 21.0. The van der Waals surface area contributed by atoms with E-state index in [1.165, 1.54) is 29.5 Å². The van der Waals surface area contributed by atoms with Crippen molar-refractivity contribution in [2.45, 2.75) is 57.2 Å². The lowest BCUT2D eigenvalue weighted by Gasteiger charge is -2.23. The van der Waals surface area contributed by atoms with Crippen molar-refractivity contribution in [3.8, 4) is 5.75 Å². The van der Waals surface area contributed by atoms with Gasteiger partial charge in [0.1, 0.15) is 5.75 Å². The Kier molecular flexibility index (Phi) is 6.23. The second-order valence-corrected chi connectivity index (χ2v) is 9.23. The number of nitrogens with one attached hydrogen (secondary N) is 2. The number of benzene rings is 2. The summed E-state index contributed by atoms with van der Waals surface area (Å²) < 4.78 is 11.2. The molecule has 1 amide bonds. The van der Waals surface area contributed by atoms with Crippen LogP contribution in [0, 0.1) is 5.92 Å². The van der Waals surface area contributed by atoms with Gasteiger partial charge < -0.3 is 20.1 Å². The van der Waals surface area contributed by atoms with Crippen molar-refractivity contribution >= 4 is 5.91 Å². The molecule has 1 saturated heterocycles. The highest BCUT2D eigenvalue weighted by atomic mass is 16.5. The fourth-order valence-corrected chi connectivity index (χ4v) is 4.52. The smallest absolute Gasteiger partial charge is 0.251 e. The highest BCUT2D eigenvalue weighted by molar-refractivity contribution is 5.94. The molecule has 0 bridgehead atoms. The van der Waals surface area contributed by atoms with E-state index in [4.69, 9.17) is 9.47 Å². The van der Waals surface area contributed by atoms with Gasteiger partial charge in [0.05, 0.1) is 6.61 Å². The Morgan fingerprint density at radius 3 is 2.48 bits per heavy atom. The van der Waals surface area contributed by atoms with Crippen molar-refractivity contribution in [2.75, 3.05) is 19.8 Å². The Labute approximate surface area is 184 Å². The number of fused-ring (bicyclic) bond motifs is 1. The molecule has 0 spiro atoms. The Balaban J connectivity index is 1.12. The first-order valence-electron chi connectivity index (χ1n) is 11.7. The van der Waals surface area contributed by atoms with Gasteiger partial charge in [-0.2, -0.15) is 0 Å². The van der Waals surface area contributed by atoms with Crippen molar-refractivity contribution in [1.29, 1.82) is 0 Å². The van der Waals surface area contributed by atoms with Gasteiger partial charge in [-0.1, -0.05) is 18.2 Å². The molecule has 1 atom stereocenters. The fourth-order valence-electron chi connectivity index (χ4n) is 4.52. The van der Waals surface area contributed by atoms with Crippen LogP contribution < -0.4 is 15.4 Å². The first kappa shape index (κ1) is 20.5. The number of carbonyl (C=O) groups excluding carboxylic acids is 1. The maximum Gasteiger partial charge on any atom is 0.251 e. The minimum atomic E-state index is -0.00652. The van der Waals surface area contributed by atoms with Crippen LogP contribution in [0.25, 0.3) is 0 Å². The summed E-state index contributed by atoms with van der Waals surface area (Å²) in [7, 11) is 0. The summed E-state index contributed by atoms with van der Waals surface area (Å²) in [5.41, 5.74) is 4.72. The van der Waals surface area contributed by atoms with Gasteiger partial charge in [0.15, 0.2) is 0 Å². The van der Waals surface area contributed by atoms with E-state index in [1.807, 2.05) is 24.3 Å². The lowest BCUT2D eigenvalue weighted by Crippen LogP contribution is -2.35. The zero-order valence-electron chi connectivity index (χ0n) is 18.1. The van der Waals surface area contributed by atoms with E-state index in [1.54, 1.807) is 0 Å². The SMILES string of the molecule is O=C(N[C@@H]1Cc2ccc(CNC3CCOCC3)cc2C1)c1ccc(OCC2CC2)cc1. The Morgan fingerprint density at radius 2 is 1.71 bits per heavy atom. The molecule has 0 unspecified atom stereocenters. The van der Waals surface area contributed by atoms with E-state index in [-0.39, 0.29) is 11.9 Å². The summed E-state index contributed by atoms with van der Waals surface area (Å²) in [6.07, 6.45) is 6.53. The summed E-state index contributed by atoms with van der Waals surface area (Å²) in [4.78, 5) is 12.7. The van der Waals surface area contributed by atoms with Crippen molar-refractivity contribution in [1.82, 2.24) is 10.6 Å². The number of hydrogen-bond acceptors (Lipinski definition) is 4. The molecule has 3 aliphatic rings. The fraction of sp³-hybridized carbons (Fsp3) is 0.500. The predicted octanol–water partition coefficient (Wildman–Crippen LogP) is 3.64. The standard InChI is InChI=1S/C26H32N2O3/c29-26(20-5-7-25(8-6-20)31-17-18-1-2-18)28-24-14-21-4-3-19(13-22(21)15-24)16-27-23-9-11-30-12-10-23/h3-8,13,18,23-24,27H,1-2,9-12,14-17H2,(H,28,29)/t24-/m1/s1. The zero-order valence-corrected chi connectivity index (χ0v) is 18.1. The highest BCUT2D eigenvalue weighted by Gasteiger charge is 2.24.